The molecular weight excluding hydrogens is 316 g/mol. The Kier molecular flexibility index (Phi) is 6.04. The average Bonchev–Trinajstić information content (AvgIpc) is 2.55. The summed E-state index contributed by atoms with van der Waals surface area (Å²) in [5.74, 6) is -0.906. The molecule has 124 valence electrons. The summed E-state index contributed by atoms with van der Waals surface area (Å²) in [6.07, 6.45) is 2.90. The van der Waals surface area contributed by atoms with Gasteiger partial charge in [0.15, 0.2) is 0 Å². The number of hydrogen-bond acceptors (Lipinski definition) is 2. The maximum atomic E-state index is 10.9. The molecular formula is C21H22O2S. The van der Waals surface area contributed by atoms with Gasteiger partial charge in [-0.25, -0.2) is 4.79 Å². The smallest absolute Gasteiger partial charge is 0.335 e. The molecule has 0 unspecified atom stereocenters. The number of rotatable bonds is 5. The van der Waals surface area contributed by atoms with Crippen molar-refractivity contribution in [3.05, 3.63) is 81.3 Å². The standard InChI is InChI=1S/C21H22O2S/c1-14(2)20(24)13-17-5-4-6-19(12-17)15(3)11-16-7-9-18(10-8-16)21(22)23/h4-12,24H,13H2,1-3H3,(H,22,23). The molecule has 0 atom stereocenters. The van der Waals surface area contributed by atoms with Crippen molar-refractivity contribution in [3.8, 4) is 0 Å². The van der Waals surface area contributed by atoms with Gasteiger partial charge in [0.1, 0.15) is 0 Å². The van der Waals surface area contributed by atoms with Crippen LogP contribution in [0.4, 0.5) is 0 Å². The van der Waals surface area contributed by atoms with Gasteiger partial charge in [0.05, 0.1) is 5.56 Å². The SMILES string of the molecule is CC(=Cc1ccc(C(=O)O)cc1)c1cccc(CC(S)=C(C)C)c1. The molecule has 2 rings (SSSR count). The van der Waals surface area contributed by atoms with Crippen LogP contribution >= 0.6 is 12.6 Å². The minimum atomic E-state index is -0.906. The first-order chi connectivity index (χ1) is 11.4. The van der Waals surface area contributed by atoms with Crippen LogP contribution in [0.15, 0.2) is 59.0 Å². The molecule has 2 aromatic rings. The van der Waals surface area contributed by atoms with Gasteiger partial charge in [0, 0.05) is 6.42 Å². The van der Waals surface area contributed by atoms with E-state index in [1.165, 1.54) is 11.1 Å². The highest BCUT2D eigenvalue weighted by molar-refractivity contribution is 7.84. The zero-order valence-corrected chi connectivity index (χ0v) is 15.1. The van der Waals surface area contributed by atoms with Gasteiger partial charge < -0.3 is 5.11 Å². The first-order valence-electron chi connectivity index (χ1n) is 7.83. The van der Waals surface area contributed by atoms with Crippen molar-refractivity contribution < 1.29 is 9.90 Å². The predicted molar refractivity (Wildman–Crippen MR) is 104 cm³/mol. The molecule has 0 spiro atoms. The fraction of sp³-hybridized carbons (Fsp3) is 0.190. The number of aromatic carboxylic acids is 1. The summed E-state index contributed by atoms with van der Waals surface area (Å²) in [6, 6.07) is 15.3. The maximum absolute atomic E-state index is 10.9. The van der Waals surface area contributed by atoms with Crippen LogP contribution in [0.25, 0.3) is 11.6 Å². The van der Waals surface area contributed by atoms with Gasteiger partial charge in [-0.15, -0.1) is 12.6 Å². The third kappa shape index (κ3) is 4.87. The number of carboxylic acids is 1. The van der Waals surface area contributed by atoms with Crippen molar-refractivity contribution in [1.82, 2.24) is 0 Å². The molecule has 0 heterocycles. The zero-order chi connectivity index (χ0) is 17.7. The number of allylic oxidation sites excluding steroid dienone is 3. The molecule has 0 saturated heterocycles. The summed E-state index contributed by atoms with van der Waals surface area (Å²) in [6.45, 7) is 6.20. The minimum Gasteiger partial charge on any atom is -0.478 e. The molecule has 2 nitrogen and oxygen atoms in total. The number of hydrogen-bond donors (Lipinski definition) is 2. The van der Waals surface area contributed by atoms with Gasteiger partial charge in [-0.2, -0.15) is 0 Å². The van der Waals surface area contributed by atoms with E-state index in [4.69, 9.17) is 5.11 Å². The summed E-state index contributed by atoms with van der Waals surface area (Å²) in [7, 11) is 0. The summed E-state index contributed by atoms with van der Waals surface area (Å²) in [5.41, 5.74) is 6.04. The van der Waals surface area contributed by atoms with E-state index in [2.05, 4.69) is 63.7 Å². The normalized spacial score (nSPS) is 11.2. The summed E-state index contributed by atoms with van der Waals surface area (Å²) >= 11 is 4.55. The Labute approximate surface area is 149 Å². The van der Waals surface area contributed by atoms with Gasteiger partial charge in [-0.1, -0.05) is 48.0 Å². The lowest BCUT2D eigenvalue weighted by Gasteiger charge is -2.08. The number of thiol groups is 1. The first-order valence-corrected chi connectivity index (χ1v) is 8.28. The summed E-state index contributed by atoms with van der Waals surface area (Å²) in [4.78, 5) is 12.0. The van der Waals surface area contributed by atoms with Crippen molar-refractivity contribution in [3.63, 3.8) is 0 Å². The second-order valence-corrected chi connectivity index (χ2v) is 6.62. The predicted octanol–water partition coefficient (Wildman–Crippen LogP) is 5.71. The Morgan fingerprint density at radius 3 is 2.29 bits per heavy atom. The Balaban J connectivity index is 2.24. The molecule has 0 saturated carbocycles. The molecule has 0 aromatic heterocycles. The largest absolute Gasteiger partial charge is 0.478 e. The highest BCUT2D eigenvalue weighted by Gasteiger charge is 2.03. The lowest BCUT2D eigenvalue weighted by molar-refractivity contribution is 0.0697. The summed E-state index contributed by atoms with van der Waals surface area (Å²) < 4.78 is 0. The van der Waals surface area contributed by atoms with E-state index in [0.717, 1.165) is 28.0 Å². The van der Waals surface area contributed by atoms with Crippen molar-refractivity contribution in [2.75, 3.05) is 0 Å². The molecule has 24 heavy (non-hydrogen) atoms. The molecule has 0 aliphatic heterocycles. The Bertz CT molecular complexity index is 795. The molecule has 1 N–H and O–H groups in total. The van der Waals surface area contributed by atoms with Crippen LogP contribution in [0.5, 0.6) is 0 Å². The van der Waals surface area contributed by atoms with Crippen LogP contribution in [-0.4, -0.2) is 11.1 Å². The number of benzene rings is 2. The van der Waals surface area contributed by atoms with Crippen LogP contribution < -0.4 is 0 Å². The van der Waals surface area contributed by atoms with Crippen molar-refractivity contribution >= 4 is 30.2 Å². The van der Waals surface area contributed by atoms with E-state index in [-0.39, 0.29) is 0 Å². The van der Waals surface area contributed by atoms with Gasteiger partial charge in [0.25, 0.3) is 0 Å². The Morgan fingerprint density at radius 2 is 1.71 bits per heavy atom. The minimum absolute atomic E-state index is 0.301. The van der Waals surface area contributed by atoms with E-state index in [0.29, 0.717) is 5.56 Å². The first kappa shape index (κ1) is 18.1. The quantitative estimate of drug-likeness (QED) is 0.541. The lowest BCUT2D eigenvalue weighted by atomic mass is 10.00. The van der Waals surface area contributed by atoms with E-state index < -0.39 is 5.97 Å². The Morgan fingerprint density at radius 1 is 1.04 bits per heavy atom. The topological polar surface area (TPSA) is 37.3 Å². The van der Waals surface area contributed by atoms with Crippen LogP contribution in [0.3, 0.4) is 0 Å². The van der Waals surface area contributed by atoms with Crippen molar-refractivity contribution in [1.29, 1.82) is 0 Å². The van der Waals surface area contributed by atoms with Crippen LogP contribution in [-0.2, 0) is 6.42 Å². The molecule has 0 amide bonds. The molecule has 2 aromatic carbocycles. The third-order valence-corrected chi connectivity index (χ3v) is 4.48. The highest BCUT2D eigenvalue weighted by atomic mass is 32.1. The fourth-order valence-electron chi connectivity index (χ4n) is 2.35. The van der Waals surface area contributed by atoms with Gasteiger partial charge in [0.2, 0.25) is 0 Å². The van der Waals surface area contributed by atoms with Gasteiger partial charge in [-0.3, -0.25) is 0 Å². The van der Waals surface area contributed by atoms with E-state index in [1.807, 2.05) is 12.1 Å². The zero-order valence-electron chi connectivity index (χ0n) is 14.2. The van der Waals surface area contributed by atoms with Crippen LogP contribution in [0.1, 0.15) is 47.8 Å². The number of carbonyl (C=O) groups is 1. The Hall–Kier alpha value is -2.26. The van der Waals surface area contributed by atoms with Crippen molar-refractivity contribution in [2.24, 2.45) is 0 Å². The molecule has 0 radical (unpaired) electrons. The maximum Gasteiger partial charge on any atom is 0.335 e. The average molecular weight is 338 g/mol. The van der Waals surface area contributed by atoms with Crippen LogP contribution in [0.2, 0.25) is 0 Å². The van der Waals surface area contributed by atoms with E-state index >= 15 is 0 Å². The lowest BCUT2D eigenvalue weighted by Crippen LogP contribution is -1.94. The van der Waals surface area contributed by atoms with Gasteiger partial charge in [-0.05, 0) is 60.1 Å². The summed E-state index contributed by atoms with van der Waals surface area (Å²) in [5, 5.41) is 8.95. The van der Waals surface area contributed by atoms with Gasteiger partial charge >= 0.3 is 5.97 Å². The third-order valence-electron chi connectivity index (χ3n) is 3.87. The van der Waals surface area contributed by atoms with E-state index in [1.54, 1.807) is 12.1 Å². The molecule has 0 aliphatic carbocycles. The fourth-order valence-corrected chi connectivity index (χ4v) is 2.53. The number of carboxylic acid groups (broad SMARTS) is 1. The molecule has 0 bridgehead atoms. The monoisotopic (exact) mass is 338 g/mol. The second-order valence-electron chi connectivity index (χ2n) is 6.08. The van der Waals surface area contributed by atoms with Crippen molar-refractivity contribution in [2.45, 2.75) is 27.2 Å². The highest BCUT2D eigenvalue weighted by Crippen LogP contribution is 2.22. The molecule has 0 aliphatic rings. The molecule has 0 fully saturated rings. The molecule has 3 heteroatoms. The van der Waals surface area contributed by atoms with Crippen LogP contribution in [0, 0.1) is 0 Å². The second kappa shape index (κ2) is 8.02. The van der Waals surface area contributed by atoms with E-state index in [9.17, 15) is 4.79 Å².